The van der Waals surface area contributed by atoms with Gasteiger partial charge in [0.15, 0.2) is 0 Å². The lowest BCUT2D eigenvalue weighted by atomic mass is 10.1. The molecule has 0 radical (unpaired) electrons. The van der Waals surface area contributed by atoms with E-state index in [0.717, 1.165) is 15.8 Å². The van der Waals surface area contributed by atoms with Crippen molar-refractivity contribution in [2.75, 3.05) is 0 Å². The number of furan rings is 1. The van der Waals surface area contributed by atoms with E-state index in [1.54, 1.807) is 6.26 Å². The maximum absolute atomic E-state index is 11.8. The van der Waals surface area contributed by atoms with Crippen molar-refractivity contribution in [3.8, 4) is 0 Å². The van der Waals surface area contributed by atoms with Gasteiger partial charge in [0.2, 0.25) is 5.91 Å². The smallest absolute Gasteiger partial charge is 0.220 e. The molecule has 1 heterocycles. The predicted molar refractivity (Wildman–Crippen MR) is 77.7 cm³/mol. The molecular weight excluding hydrogens is 306 g/mol. The summed E-state index contributed by atoms with van der Waals surface area (Å²) in [6, 6.07) is 11.7. The van der Waals surface area contributed by atoms with Crippen molar-refractivity contribution in [3.63, 3.8) is 0 Å². The summed E-state index contributed by atoms with van der Waals surface area (Å²) in [6.45, 7) is 1.98. The summed E-state index contributed by atoms with van der Waals surface area (Å²) in [7, 11) is 0. The van der Waals surface area contributed by atoms with Crippen molar-refractivity contribution in [1.82, 2.24) is 5.32 Å². The molecule has 0 aliphatic rings. The molecule has 19 heavy (non-hydrogen) atoms. The van der Waals surface area contributed by atoms with E-state index in [9.17, 15) is 4.79 Å². The van der Waals surface area contributed by atoms with Gasteiger partial charge < -0.3 is 9.73 Å². The fourth-order valence-corrected chi connectivity index (χ4v) is 2.10. The number of carbonyl (C=O) groups excluding carboxylic acids is 1. The predicted octanol–water partition coefficient (Wildman–Crippen LogP) is 3.85. The number of hydrogen-bond acceptors (Lipinski definition) is 2. The van der Waals surface area contributed by atoms with E-state index in [0.29, 0.717) is 12.8 Å². The van der Waals surface area contributed by atoms with Gasteiger partial charge in [-0.2, -0.15) is 0 Å². The number of benzene rings is 1. The molecule has 4 heteroatoms. The average Bonchev–Trinajstić information content (AvgIpc) is 2.90. The maximum atomic E-state index is 11.8. The summed E-state index contributed by atoms with van der Waals surface area (Å²) >= 11 is 3.39. The average molecular weight is 322 g/mol. The largest absolute Gasteiger partial charge is 0.469 e. The molecule has 0 aliphatic carbocycles. The van der Waals surface area contributed by atoms with E-state index in [-0.39, 0.29) is 11.9 Å². The summed E-state index contributed by atoms with van der Waals surface area (Å²) in [6.07, 6.45) is 2.69. The van der Waals surface area contributed by atoms with E-state index in [2.05, 4.69) is 21.2 Å². The van der Waals surface area contributed by atoms with Gasteiger partial charge in [0.25, 0.3) is 0 Å². The van der Waals surface area contributed by atoms with Crippen LogP contribution in [0, 0.1) is 0 Å². The molecule has 2 rings (SSSR count). The van der Waals surface area contributed by atoms with Crippen LogP contribution in [0.3, 0.4) is 0 Å². The van der Waals surface area contributed by atoms with Crippen molar-refractivity contribution in [2.24, 2.45) is 0 Å². The highest BCUT2D eigenvalue weighted by molar-refractivity contribution is 9.10. The van der Waals surface area contributed by atoms with Gasteiger partial charge in [0.05, 0.1) is 12.3 Å². The molecule has 1 amide bonds. The first-order valence-electron chi connectivity index (χ1n) is 6.22. The minimum absolute atomic E-state index is 0.0113. The molecule has 1 unspecified atom stereocenters. The van der Waals surface area contributed by atoms with Gasteiger partial charge in [0, 0.05) is 17.3 Å². The second-order valence-electron chi connectivity index (χ2n) is 4.42. The standard InChI is InChI=1S/C15H16BrNO2/c1-11(12-4-6-13(16)7-5-12)17-15(18)9-8-14-3-2-10-19-14/h2-7,10-11H,8-9H2,1H3,(H,17,18). The van der Waals surface area contributed by atoms with Crippen molar-refractivity contribution < 1.29 is 9.21 Å². The molecule has 0 bridgehead atoms. The van der Waals surface area contributed by atoms with Gasteiger partial charge in [-0.15, -0.1) is 0 Å². The Bertz CT molecular complexity index is 520. The molecule has 0 saturated carbocycles. The summed E-state index contributed by atoms with van der Waals surface area (Å²) < 4.78 is 6.24. The maximum Gasteiger partial charge on any atom is 0.220 e. The van der Waals surface area contributed by atoms with Crippen molar-refractivity contribution >= 4 is 21.8 Å². The minimum atomic E-state index is 0.0113. The number of aryl methyl sites for hydroxylation is 1. The third-order valence-electron chi connectivity index (χ3n) is 2.93. The fraction of sp³-hybridized carbons (Fsp3) is 0.267. The summed E-state index contributed by atoms with van der Waals surface area (Å²) in [5.41, 5.74) is 1.09. The SMILES string of the molecule is CC(NC(=O)CCc1ccco1)c1ccc(Br)cc1. The molecule has 0 spiro atoms. The summed E-state index contributed by atoms with van der Waals surface area (Å²) in [5, 5.41) is 2.98. The quantitative estimate of drug-likeness (QED) is 0.908. The second kappa shape index (κ2) is 6.57. The zero-order valence-corrected chi connectivity index (χ0v) is 12.3. The van der Waals surface area contributed by atoms with Gasteiger partial charge in [-0.05, 0) is 36.8 Å². The Labute approximate surface area is 121 Å². The third-order valence-corrected chi connectivity index (χ3v) is 3.45. The minimum Gasteiger partial charge on any atom is -0.469 e. The van der Waals surface area contributed by atoms with Crippen LogP contribution in [-0.2, 0) is 11.2 Å². The van der Waals surface area contributed by atoms with Crippen LogP contribution in [-0.4, -0.2) is 5.91 Å². The highest BCUT2D eigenvalue weighted by Crippen LogP contribution is 2.16. The number of halogens is 1. The number of hydrogen-bond donors (Lipinski definition) is 1. The highest BCUT2D eigenvalue weighted by atomic mass is 79.9. The van der Waals surface area contributed by atoms with Crippen molar-refractivity contribution in [3.05, 3.63) is 58.5 Å². The Morgan fingerprint density at radius 1 is 1.32 bits per heavy atom. The first-order chi connectivity index (χ1) is 9.15. The van der Waals surface area contributed by atoms with Crippen LogP contribution in [0.1, 0.15) is 30.7 Å². The normalized spacial score (nSPS) is 12.1. The Hall–Kier alpha value is -1.55. The molecule has 0 aliphatic heterocycles. The number of carbonyl (C=O) groups is 1. The molecule has 0 saturated heterocycles. The van der Waals surface area contributed by atoms with E-state index in [4.69, 9.17) is 4.42 Å². The van der Waals surface area contributed by atoms with Gasteiger partial charge >= 0.3 is 0 Å². The molecule has 1 aromatic heterocycles. The van der Waals surface area contributed by atoms with Crippen LogP contribution >= 0.6 is 15.9 Å². The third kappa shape index (κ3) is 4.24. The van der Waals surface area contributed by atoms with Gasteiger partial charge in [-0.1, -0.05) is 28.1 Å². The Kier molecular flexibility index (Phi) is 4.80. The monoisotopic (exact) mass is 321 g/mol. The molecule has 1 aromatic carbocycles. The van der Waals surface area contributed by atoms with E-state index >= 15 is 0 Å². The Morgan fingerprint density at radius 3 is 2.68 bits per heavy atom. The number of rotatable bonds is 5. The van der Waals surface area contributed by atoms with Crippen molar-refractivity contribution in [2.45, 2.75) is 25.8 Å². The van der Waals surface area contributed by atoms with Crippen LogP contribution in [0.25, 0.3) is 0 Å². The first kappa shape index (κ1) is 13.9. The van der Waals surface area contributed by atoms with Gasteiger partial charge in [-0.3, -0.25) is 4.79 Å². The van der Waals surface area contributed by atoms with Crippen LogP contribution in [0.2, 0.25) is 0 Å². The van der Waals surface area contributed by atoms with E-state index < -0.39 is 0 Å². The zero-order chi connectivity index (χ0) is 13.7. The topological polar surface area (TPSA) is 42.2 Å². The van der Waals surface area contributed by atoms with Gasteiger partial charge in [0.1, 0.15) is 5.76 Å². The zero-order valence-electron chi connectivity index (χ0n) is 10.7. The van der Waals surface area contributed by atoms with E-state index in [1.807, 2.05) is 43.3 Å². The highest BCUT2D eigenvalue weighted by Gasteiger charge is 2.10. The Morgan fingerprint density at radius 2 is 2.05 bits per heavy atom. The lowest BCUT2D eigenvalue weighted by molar-refractivity contribution is -0.121. The number of nitrogens with one attached hydrogen (secondary N) is 1. The molecular formula is C15H16BrNO2. The molecule has 2 aromatic rings. The van der Waals surface area contributed by atoms with E-state index in [1.165, 1.54) is 0 Å². The first-order valence-corrected chi connectivity index (χ1v) is 7.01. The second-order valence-corrected chi connectivity index (χ2v) is 5.34. The number of amides is 1. The molecule has 0 fully saturated rings. The van der Waals surface area contributed by atoms with Crippen LogP contribution in [0.15, 0.2) is 51.6 Å². The lowest BCUT2D eigenvalue weighted by Crippen LogP contribution is -2.26. The Balaban J connectivity index is 1.83. The van der Waals surface area contributed by atoms with Crippen LogP contribution in [0.4, 0.5) is 0 Å². The summed E-state index contributed by atoms with van der Waals surface area (Å²) in [4.78, 5) is 11.8. The molecule has 1 atom stereocenters. The molecule has 1 N–H and O–H groups in total. The molecule has 100 valence electrons. The fourth-order valence-electron chi connectivity index (χ4n) is 1.84. The van der Waals surface area contributed by atoms with Gasteiger partial charge in [-0.25, -0.2) is 0 Å². The van der Waals surface area contributed by atoms with Crippen LogP contribution in [0.5, 0.6) is 0 Å². The molecule has 3 nitrogen and oxygen atoms in total. The summed E-state index contributed by atoms with van der Waals surface area (Å²) in [5.74, 6) is 0.873. The lowest BCUT2D eigenvalue weighted by Gasteiger charge is -2.14. The van der Waals surface area contributed by atoms with Crippen LogP contribution < -0.4 is 5.32 Å². The van der Waals surface area contributed by atoms with Crippen molar-refractivity contribution in [1.29, 1.82) is 0 Å².